The maximum absolute atomic E-state index is 5.28. The van der Waals surface area contributed by atoms with E-state index in [1.165, 1.54) is 11.1 Å². The van der Waals surface area contributed by atoms with Crippen molar-refractivity contribution in [2.45, 2.75) is 20.8 Å². The molecule has 1 aromatic rings. The van der Waals surface area contributed by atoms with E-state index in [9.17, 15) is 0 Å². The first-order chi connectivity index (χ1) is 8.06. The van der Waals surface area contributed by atoms with E-state index in [4.69, 9.17) is 4.74 Å². The molecule has 1 heteroatoms. The molecule has 0 aliphatic carbocycles. The molecular formula is C16H20O. The molecule has 0 N–H and O–H groups in total. The number of hydrogen-bond donors (Lipinski definition) is 0. The molecule has 0 saturated carbocycles. The summed E-state index contributed by atoms with van der Waals surface area (Å²) in [5.41, 5.74) is 4.74. The number of rotatable bonds is 4. The van der Waals surface area contributed by atoms with Gasteiger partial charge in [-0.25, -0.2) is 0 Å². The summed E-state index contributed by atoms with van der Waals surface area (Å²) in [5.74, 6) is 0.863. The van der Waals surface area contributed by atoms with Gasteiger partial charge in [-0.3, -0.25) is 0 Å². The third-order valence-corrected chi connectivity index (χ3v) is 2.52. The Kier molecular flexibility index (Phi) is 4.77. The zero-order valence-corrected chi connectivity index (χ0v) is 11.1. The van der Waals surface area contributed by atoms with Gasteiger partial charge in [0.25, 0.3) is 0 Å². The zero-order valence-electron chi connectivity index (χ0n) is 11.1. The van der Waals surface area contributed by atoms with Crippen molar-refractivity contribution in [3.05, 3.63) is 53.6 Å². The predicted molar refractivity (Wildman–Crippen MR) is 76.2 cm³/mol. The third-order valence-electron chi connectivity index (χ3n) is 2.52. The van der Waals surface area contributed by atoms with Crippen LogP contribution in [0.4, 0.5) is 0 Å². The molecule has 0 atom stereocenters. The first-order valence-electron chi connectivity index (χ1n) is 5.70. The molecule has 1 rings (SSSR count). The average Bonchev–Trinajstić information content (AvgIpc) is 2.34. The van der Waals surface area contributed by atoms with E-state index in [2.05, 4.69) is 45.6 Å². The quantitative estimate of drug-likeness (QED) is 0.678. The van der Waals surface area contributed by atoms with Gasteiger partial charge in [-0.2, -0.15) is 0 Å². The minimum absolute atomic E-state index is 0.863. The molecule has 0 amide bonds. The Balaban J connectivity index is 3.16. The van der Waals surface area contributed by atoms with Crippen LogP contribution in [0.3, 0.4) is 0 Å². The van der Waals surface area contributed by atoms with E-state index < -0.39 is 0 Å². The van der Waals surface area contributed by atoms with Crippen LogP contribution in [-0.4, -0.2) is 7.11 Å². The van der Waals surface area contributed by atoms with Gasteiger partial charge >= 0.3 is 0 Å². The summed E-state index contributed by atoms with van der Waals surface area (Å²) in [4.78, 5) is 0. The van der Waals surface area contributed by atoms with Crippen LogP contribution in [0.1, 0.15) is 31.9 Å². The van der Waals surface area contributed by atoms with Crippen LogP contribution in [0.25, 0.3) is 11.6 Å². The maximum Gasteiger partial charge on any atom is 0.120 e. The monoisotopic (exact) mass is 228 g/mol. The third kappa shape index (κ3) is 3.95. The molecule has 17 heavy (non-hydrogen) atoms. The lowest BCUT2D eigenvalue weighted by molar-refractivity contribution is 0.414. The van der Waals surface area contributed by atoms with Crippen molar-refractivity contribution in [2.75, 3.05) is 7.11 Å². The Labute approximate surface area is 104 Å². The normalized spacial score (nSPS) is 10.9. The highest BCUT2D eigenvalue weighted by Gasteiger charge is 2.00. The van der Waals surface area contributed by atoms with Crippen molar-refractivity contribution in [3.8, 4) is 5.75 Å². The molecule has 0 aromatic heterocycles. The van der Waals surface area contributed by atoms with Gasteiger partial charge in [0.05, 0.1) is 7.11 Å². The smallest absolute Gasteiger partial charge is 0.120 e. The molecule has 0 spiro atoms. The molecule has 1 nitrogen and oxygen atoms in total. The van der Waals surface area contributed by atoms with Crippen molar-refractivity contribution in [3.63, 3.8) is 0 Å². The summed E-state index contributed by atoms with van der Waals surface area (Å²) in [6, 6.07) is 6.13. The zero-order chi connectivity index (χ0) is 12.8. The Morgan fingerprint density at radius 2 is 1.82 bits per heavy atom. The molecule has 0 bridgehead atoms. The summed E-state index contributed by atoms with van der Waals surface area (Å²) >= 11 is 0. The van der Waals surface area contributed by atoms with Gasteiger partial charge in [0.15, 0.2) is 0 Å². The molecule has 90 valence electrons. The molecule has 0 saturated heterocycles. The van der Waals surface area contributed by atoms with E-state index in [0.29, 0.717) is 0 Å². The number of allylic oxidation sites excluding steroid dienone is 4. The molecule has 0 aliphatic rings. The predicted octanol–water partition coefficient (Wildman–Crippen LogP) is 4.71. The van der Waals surface area contributed by atoms with Crippen LogP contribution in [0, 0.1) is 0 Å². The minimum atomic E-state index is 0.863. The van der Waals surface area contributed by atoms with E-state index in [0.717, 1.165) is 16.9 Å². The first kappa shape index (κ1) is 13.3. The summed E-state index contributed by atoms with van der Waals surface area (Å²) in [5, 5.41) is 0. The Bertz CT molecular complexity index is 460. The minimum Gasteiger partial charge on any atom is -0.497 e. The van der Waals surface area contributed by atoms with Crippen molar-refractivity contribution >= 4 is 11.6 Å². The Morgan fingerprint density at radius 3 is 2.35 bits per heavy atom. The largest absolute Gasteiger partial charge is 0.497 e. The molecule has 1 aromatic carbocycles. The van der Waals surface area contributed by atoms with Crippen LogP contribution in [0.15, 0.2) is 42.5 Å². The number of ether oxygens (including phenoxy) is 1. The fourth-order valence-electron chi connectivity index (χ4n) is 1.47. The van der Waals surface area contributed by atoms with Gasteiger partial charge in [-0.05, 0) is 55.7 Å². The lowest BCUT2D eigenvalue weighted by Crippen LogP contribution is -1.87. The number of benzene rings is 1. The van der Waals surface area contributed by atoms with Gasteiger partial charge < -0.3 is 4.74 Å². The van der Waals surface area contributed by atoms with Gasteiger partial charge in [-0.15, -0.1) is 0 Å². The highest BCUT2D eigenvalue weighted by Crippen LogP contribution is 2.23. The van der Waals surface area contributed by atoms with E-state index in [-0.39, 0.29) is 0 Å². The Morgan fingerprint density at radius 1 is 1.12 bits per heavy atom. The summed E-state index contributed by atoms with van der Waals surface area (Å²) < 4.78 is 5.28. The van der Waals surface area contributed by atoms with Crippen LogP contribution in [0.2, 0.25) is 0 Å². The molecule has 0 fully saturated rings. The second-order valence-electron chi connectivity index (χ2n) is 4.29. The summed E-state index contributed by atoms with van der Waals surface area (Å²) in [6.45, 7) is 10.1. The first-order valence-corrected chi connectivity index (χ1v) is 5.70. The lowest BCUT2D eigenvalue weighted by Gasteiger charge is -2.07. The van der Waals surface area contributed by atoms with E-state index in [1.807, 2.05) is 18.2 Å². The molecule has 0 unspecified atom stereocenters. The van der Waals surface area contributed by atoms with Crippen LogP contribution < -0.4 is 4.74 Å². The number of hydrogen-bond acceptors (Lipinski definition) is 1. The molecular weight excluding hydrogens is 208 g/mol. The SMILES string of the molecule is C=Cc1cc(OC)cc(/C(C)=C/C=C(C)C)c1. The molecule has 0 aliphatic heterocycles. The van der Waals surface area contributed by atoms with Crippen LogP contribution >= 0.6 is 0 Å². The van der Waals surface area contributed by atoms with Crippen LogP contribution in [0.5, 0.6) is 5.75 Å². The van der Waals surface area contributed by atoms with Crippen LogP contribution in [-0.2, 0) is 0 Å². The lowest BCUT2D eigenvalue weighted by atomic mass is 10.0. The highest BCUT2D eigenvalue weighted by atomic mass is 16.5. The highest BCUT2D eigenvalue weighted by molar-refractivity contribution is 5.69. The molecule has 0 heterocycles. The van der Waals surface area contributed by atoms with E-state index >= 15 is 0 Å². The van der Waals surface area contributed by atoms with Crippen molar-refractivity contribution in [1.29, 1.82) is 0 Å². The standard InChI is InChI=1S/C16H20O/c1-6-14-9-15(11-16(10-14)17-5)13(4)8-7-12(2)3/h6-11H,1H2,2-5H3/b13-8+. The van der Waals surface area contributed by atoms with Crippen molar-refractivity contribution in [1.82, 2.24) is 0 Å². The average molecular weight is 228 g/mol. The van der Waals surface area contributed by atoms with Crippen molar-refractivity contribution in [2.24, 2.45) is 0 Å². The van der Waals surface area contributed by atoms with Gasteiger partial charge in [0, 0.05) is 0 Å². The second-order valence-corrected chi connectivity index (χ2v) is 4.29. The summed E-state index contributed by atoms with van der Waals surface area (Å²) in [6.07, 6.45) is 6.07. The molecule has 0 radical (unpaired) electrons. The van der Waals surface area contributed by atoms with Gasteiger partial charge in [0.1, 0.15) is 5.75 Å². The fraction of sp³-hybridized carbons (Fsp3) is 0.250. The van der Waals surface area contributed by atoms with Crippen molar-refractivity contribution < 1.29 is 4.74 Å². The summed E-state index contributed by atoms with van der Waals surface area (Å²) in [7, 11) is 1.68. The second kappa shape index (κ2) is 6.09. The topological polar surface area (TPSA) is 9.23 Å². The maximum atomic E-state index is 5.28. The fourth-order valence-corrected chi connectivity index (χ4v) is 1.47. The van der Waals surface area contributed by atoms with Gasteiger partial charge in [0.2, 0.25) is 0 Å². The number of methoxy groups -OCH3 is 1. The van der Waals surface area contributed by atoms with E-state index in [1.54, 1.807) is 7.11 Å². The Hall–Kier alpha value is -1.76. The van der Waals surface area contributed by atoms with Gasteiger partial charge in [-0.1, -0.05) is 30.4 Å².